The number of rotatable bonds is 0. The molecule has 0 saturated carbocycles. The van der Waals surface area contributed by atoms with E-state index in [2.05, 4.69) is 5.32 Å². The Morgan fingerprint density at radius 3 is 2.71 bits per heavy atom. The normalized spacial score (nSPS) is 31.5. The van der Waals surface area contributed by atoms with Gasteiger partial charge in [-0.1, -0.05) is 0 Å². The Bertz CT molecular complexity index is 328. The topological polar surface area (TPSA) is 41.6 Å². The van der Waals surface area contributed by atoms with Gasteiger partial charge < -0.3 is 10.1 Å². The van der Waals surface area contributed by atoms with Crippen molar-refractivity contribution in [1.29, 1.82) is 0 Å². The van der Waals surface area contributed by atoms with Gasteiger partial charge in [0, 0.05) is 0 Å². The van der Waals surface area contributed by atoms with Crippen molar-refractivity contribution in [1.82, 2.24) is 10.2 Å². The molecule has 2 aliphatic rings. The molecule has 2 aliphatic heterocycles. The lowest BCUT2D eigenvalue weighted by Crippen LogP contribution is -2.42. The minimum Gasteiger partial charge on any atom is -0.444 e. The predicted octanol–water partition coefficient (Wildman–Crippen LogP) is 1.60. The molecule has 1 amide bonds. The fraction of sp³-hybridized carbons (Fsp3) is 0.909. The van der Waals surface area contributed by atoms with Crippen LogP contribution in [0.3, 0.4) is 0 Å². The minimum atomic E-state index is -2.86. The SMILES string of the molecule is CC(C)(C)OC(=O)N1CC(F)(F)[C@@H]2NCC[C@@H]21. The van der Waals surface area contributed by atoms with Crippen LogP contribution >= 0.6 is 0 Å². The molecule has 0 aliphatic carbocycles. The van der Waals surface area contributed by atoms with Crippen molar-refractivity contribution in [3.05, 3.63) is 0 Å². The first kappa shape index (κ1) is 12.5. The number of carbonyl (C=O) groups is 1. The molecule has 2 fully saturated rings. The van der Waals surface area contributed by atoms with Crippen molar-refractivity contribution in [2.45, 2.75) is 50.8 Å². The smallest absolute Gasteiger partial charge is 0.410 e. The van der Waals surface area contributed by atoms with Crippen LogP contribution in [0.2, 0.25) is 0 Å². The lowest BCUT2D eigenvalue weighted by Gasteiger charge is -2.27. The summed E-state index contributed by atoms with van der Waals surface area (Å²) in [5, 5.41) is 2.76. The van der Waals surface area contributed by atoms with E-state index in [4.69, 9.17) is 4.74 Å². The Hall–Kier alpha value is -0.910. The molecule has 0 bridgehead atoms. The molecular formula is C11H18F2N2O2. The van der Waals surface area contributed by atoms with Gasteiger partial charge >= 0.3 is 6.09 Å². The van der Waals surface area contributed by atoms with Crippen LogP contribution in [0.5, 0.6) is 0 Å². The molecule has 0 aromatic carbocycles. The molecule has 0 aromatic heterocycles. The van der Waals surface area contributed by atoms with Crippen molar-refractivity contribution in [2.24, 2.45) is 0 Å². The van der Waals surface area contributed by atoms with E-state index in [1.807, 2.05) is 0 Å². The zero-order valence-electron chi connectivity index (χ0n) is 10.3. The molecule has 2 rings (SSSR count). The minimum absolute atomic E-state index is 0.445. The van der Waals surface area contributed by atoms with Crippen molar-refractivity contribution in [3.8, 4) is 0 Å². The molecular weight excluding hydrogens is 230 g/mol. The maximum atomic E-state index is 13.6. The number of likely N-dealkylation sites (tertiary alicyclic amines) is 1. The van der Waals surface area contributed by atoms with Gasteiger partial charge in [0.05, 0.1) is 18.6 Å². The Balaban J connectivity index is 2.10. The third-order valence-corrected chi connectivity index (χ3v) is 3.05. The van der Waals surface area contributed by atoms with Crippen LogP contribution in [0.25, 0.3) is 0 Å². The molecule has 2 atom stereocenters. The number of amides is 1. The monoisotopic (exact) mass is 248 g/mol. The zero-order chi connectivity index (χ0) is 12.8. The summed E-state index contributed by atoms with van der Waals surface area (Å²) in [5.74, 6) is -2.86. The Morgan fingerprint density at radius 1 is 1.47 bits per heavy atom. The number of carbonyl (C=O) groups excluding carboxylic acids is 1. The predicted molar refractivity (Wildman–Crippen MR) is 58.1 cm³/mol. The van der Waals surface area contributed by atoms with Gasteiger partial charge in [-0.2, -0.15) is 0 Å². The van der Waals surface area contributed by atoms with Crippen molar-refractivity contribution in [3.63, 3.8) is 0 Å². The Labute approximate surface area is 99.3 Å². The van der Waals surface area contributed by atoms with Gasteiger partial charge in [-0.15, -0.1) is 0 Å². The van der Waals surface area contributed by atoms with E-state index in [0.717, 1.165) is 4.90 Å². The van der Waals surface area contributed by atoms with Crippen LogP contribution in [0, 0.1) is 0 Å². The van der Waals surface area contributed by atoms with E-state index in [9.17, 15) is 13.6 Å². The highest BCUT2D eigenvalue weighted by atomic mass is 19.3. The van der Waals surface area contributed by atoms with Gasteiger partial charge in [0.25, 0.3) is 5.92 Å². The molecule has 17 heavy (non-hydrogen) atoms. The molecule has 0 aromatic rings. The third kappa shape index (κ3) is 2.36. The maximum Gasteiger partial charge on any atom is 0.410 e. The van der Waals surface area contributed by atoms with E-state index < -0.39 is 36.2 Å². The molecule has 4 nitrogen and oxygen atoms in total. The van der Waals surface area contributed by atoms with Crippen LogP contribution in [0.1, 0.15) is 27.2 Å². The summed E-state index contributed by atoms with van der Waals surface area (Å²) >= 11 is 0. The van der Waals surface area contributed by atoms with E-state index in [-0.39, 0.29) is 0 Å². The standard InChI is InChI=1S/C11H18F2N2O2/c1-10(2,3)17-9(16)15-6-11(12,13)8-7(15)4-5-14-8/h7-8,14H,4-6H2,1-3H3/t7-,8+/m0/s1. The van der Waals surface area contributed by atoms with Crippen LogP contribution in [0.4, 0.5) is 13.6 Å². The summed E-state index contributed by atoms with van der Waals surface area (Å²) in [4.78, 5) is 13.0. The lowest BCUT2D eigenvalue weighted by atomic mass is 10.1. The Morgan fingerprint density at radius 2 is 2.12 bits per heavy atom. The van der Waals surface area contributed by atoms with E-state index in [1.165, 1.54) is 0 Å². The van der Waals surface area contributed by atoms with Crippen LogP contribution < -0.4 is 5.32 Å². The molecule has 0 unspecified atom stereocenters. The van der Waals surface area contributed by atoms with Gasteiger partial charge in [-0.05, 0) is 33.7 Å². The largest absolute Gasteiger partial charge is 0.444 e. The van der Waals surface area contributed by atoms with Crippen LogP contribution in [-0.2, 0) is 4.74 Å². The molecule has 2 saturated heterocycles. The van der Waals surface area contributed by atoms with Crippen LogP contribution in [-0.4, -0.2) is 47.7 Å². The fourth-order valence-corrected chi connectivity index (χ4v) is 2.42. The molecule has 1 N–H and O–H groups in total. The number of hydrogen-bond donors (Lipinski definition) is 1. The lowest BCUT2D eigenvalue weighted by molar-refractivity contribution is -0.0155. The zero-order valence-corrected chi connectivity index (χ0v) is 10.3. The second-order valence-electron chi connectivity index (χ2n) is 5.66. The second kappa shape index (κ2) is 3.80. The maximum absolute atomic E-state index is 13.6. The number of alkyl halides is 2. The third-order valence-electron chi connectivity index (χ3n) is 3.05. The Kier molecular flexibility index (Phi) is 2.80. The summed E-state index contributed by atoms with van der Waals surface area (Å²) in [5.41, 5.74) is -0.656. The van der Waals surface area contributed by atoms with E-state index >= 15 is 0 Å². The molecule has 2 heterocycles. The summed E-state index contributed by atoms with van der Waals surface area (Å²) in [6.45, 7) is 5.14. The number of nitrogens with one attached hydrogen (secondary N) is 1. The van der Waals surface area contributed by atoms with E-state index in [0.29, 0.717) is 13.0 Å². The highest BCUT2D eigenvalue weighted by Gasteiger charge is 2.58. The van der Waals surface area contributed by atoms with Gasteiger partial charge in [-0.25, -0.2) is 13.6 Å². The van der Waals surface area contributed by atoms with E-state index in [1.54, 1.807) is 20.8 Å². The summed E-state index contributed by atoms with van der Waals surface area (Å²) in [6.07, 6.45) is -0.0900. The van der Waals surface area contributed by atoms with Gasteiger partial charge in [0.15, 0.2) is 0 Å². The van der Waals surface area contributed by atoms with Gasteiger partial charge in [0.1, 0.15) is 5.60 Å². The van der Waals surface area contributed by atoms with Gasteiger partial charge in [-0.3, -0.25) is 4.90 Å². The summed E-state index contributed by atoms with van der Waals surface area (Å²) in [6, 6.07) is -1.37. The molecule has 0 radical (unpaired) electrons. The number of ether oxygens (including phenoxy) is 1. The molecule has 6 heteroatoms. The first-order chi connectivity index (χ1) is 7.71. The quantitative estimate of drug-likeness (QED) is 0.708. The highest BCUT2D eigenvalue weighted by Crippen LogP contribution is 2.37. The number of hydrogen-bond acceptors (Lipinski definition) is 3. The average molecular weight is 248 g/mol. The number of fused-ring (bicyclic) bond motifs is 1. The van der Waals surface area contributed by atoms with Crippen molar-refractivity contribution >= 4 is 6.09 Å². The summed E-state index contributed by atoms with van der Waals surface area (Å²) in [7, 11) is 0. The van der Waals surface area contributed by atoms with Crippen molar-refractivity contribution in [2.75, 3.05) is 13.1 Å². The second-order valence-corrected chi connectivity index (χ2v) is 5.66. The number of nitrogens with zero attached hydrogens (tertiary/aromatic N) is 1. The highest BCUT2D eigenvalue weighted by molar-refractivity contribution is 5.69. The van der Waals surface area contributed by atoms with Crippen LogP contribution in [0.15, 0.2) is 0 Å². The fourth-order valence-electron chi connectivity index (χ4n) is 2.42. The average Bonchev–Trinajstić information content (AvgIpc) is 2.66. The summed E-state index contributed by atoms with van der Waals surface area (Å²) < 4.78 is 32.4. The molecule has 0 spiro atoms. The van der Waals surface area contributed by atoms with Gasteiger partial charge in [0.2, 0.25) is 0 Å². The van der Waals surface area contributed by atoms with Crippen molar-refractivity contribution < 1.29 is 18.3 Å². The molecule has 98 valence electrons. The number of halogens is 2. The first-order valence-corrected chi connectivity index (χ1v) is 5.81. The first-order valence-electron chi connectivity index (χ1n) is 5.81.